The van der Waals surface area contributed by atoms with Crippen LogP contribution in [0.25, 0.3) is 0 Å². The van der Waals surface area contributed by atoms with E-state index in [9.17, 15) is 4.79 Å². The lowest BCUT2D eigenvalue weighted by Crippen LogP contribution is -2.44. The predicted molar refractivity (Wildman–Crippen MR) is 62.0 cm³/mol. The van der Waals surface area contributed by atoms with Gasteiger partial charge >= 0.3 is 6.03 Å². The third-order valence-electron chi connectivity index (χ3n) is 2.91. The van der Waals surface area contributed by atoms with E-state index < -0.39 is 0 Å². The summed E-state index contributed by atoms with van der Waals surface area (Å²) in [7, 11) is 5.89. The molecule has 15 heavy (non-hydrogen) atoms. The van der Waals surface area contributed by atoms with Gasteiger partial charge in [-0.1, -0.05) is 12.8 Å². The summed E-state index contributed by atoms with van der Waals surface area (Å²) in [5.74, 6) is 0. The number of amides is 2. The Morgan fingerprint density at radius 3 is 2.33 bits per heavy atom. The van der Waals surface area contributed by atoms with Crippen LogP contribution >= 0.6 is 0 Å². The molecule has 0 heterocycles. The predicted octanol–water partition coefficient (Wildman–Crippen LogP) is 1.13. The van der Waals surface area contributed by atoms with Gasteiger partial charge in [-0.15, -0.1) is 0 Å². The van der Waals surface area contributed by atoms with Gasteiger partial charge in [0.2, 0.25) is 0 Å². The van der Waals surface area contributed by atoms with Crippen molar-refractivity contribution in [3.05, 3.63) is 0 Å². The molecule has 4 nitrogen and oxygen atoms in total. The van der Waals surface area contributed by atoms with Crippen LogP contribution in [0.2, 0.25) is 0 Å². The third-order valence-corrected chi connectivity index (χ3v) is 2.91. The van der Waals surface area contributed by atoms with Crippen LogP contribution < -0.4 is 5.32 Å². The van der Waals surface area contributed by atoms with Gasteiger partial charge < -0.3 is 15.1 Å². The summed E-state index contributed by atoms with van der Waals surface area (Å²) in [6.07, 6.45) is 4.80. The average molecular weight is 213 g/mol. The summed E-state index contributed by atoms with van der Waals surface area (Å²) in [5.41, 5.74) is 0. The minimum atomic E-state index is 0.0729. The van der Waals surface area contributed by atoms with E-state index in [2.05, 4.69) is 10.2 Å². The van der Waals surface area contributed by atoms with E-state index >= 15 is 0 Å². The Hall–Kier alpha value is -0.770. The number of urea groups is 1. The maximum atomic E-state index is 11.7. The second-order valence-corrected chi connectivity index (χ2v) is 4.66. The summed E-state index contributed by atoms with van der Waals surface area (Å²) in [6, 6.07) is 0.489. The van der Waals surface area contributed by atoms with Gasteiger partial charge in [0.05, 0.1) is 0 Å². The van der Waals surface area contributed by atoms with Crippen LogP contribution in [0, 0.1) is 0 Å². The van der Waals surface area contributed by atoms with Gasteiger partial charge in [-0.05, 0) is 26.9 Å². The van der Waals surface area contributed by atoms with Gasteiger partial charge in [0.1, 0.15) is 0 Å². The average Bonchev–Trinajstić information content (AvgIpc) is 2.66. The van der Waals surface area contributed by atoms with Gasteiger partial charge in [-0.25, -0.2) is 4.79 Å². The normalized spacial score (nSPS) is 17.1. The summed E-state index contributed by atoms with van der Waals surface area (Å²) in [4.78, 5) is 15.6. The van der Waals surface area contributed by atoms with Crippen molar-refractivity contribution in [2.75, 3.05) is 34.2 Å². The lowest BCUT2D eigenvalue weighted by Gasteiger charge is -2.22. The quantitative estimate of drug-likeness (QED) is 0.760. The highest BCUT2D eigenvalue weighted by Gasteiger charge is 2.18. The van der Waals surface area contributed by atoms with Gasteiger partial charge in [-0.3, -0.25) is 0 Å². The van der Waals surface area contributed by atoms with Gasteiger partial charge in [-0.2, -0.15) is 0 Å². The highest BCUT2D eigenvalue weighted by atomic mass is 16.2. The Kier molecular flexibility index (Phi) is 4.88. The number of hydrogen-bond donors (Lipinski definition) is 1. The first kappa shape index (κ1) is 12.3. The Labute approximate surface area is 92.6 Å². The van der Waals surface area contributed by atoms with Crippen LogP contribution in [0.5, 0.6) is 0 Å². The Morgan fingerprint density at radius 1 is 1.20 bits per heavy atom. The molecule has 0 aliphatic heterocycles. The zero-order chi connectivity index (χ0) is 11.3. The number of carbonyl (C=O) groups excluding carboxylic acids is 1. The molecule has 0 atom stereocenters. The van der Waals surface area contributed by atoms with E-state index in [4.69, 9.17) is 0 Å². The van der Waals surface area contributed by atoms with E-state index in [1.807, 2.05) is 21.1 Å². The molecule has 0 aromatic carbocycles. The smallest absolute Gasteiger partial charge is 0.317 e. The standard InChI is InChI=1S/C11H23N3O/c1-13(2)8-9-14(3)11(15)12-10-6-4-5-7-10/h10H,4-9H2,1-3H3,(H,12,15). The topological polar surface area (TPSA) is 35.6 Å². The highest BCUT2D eigenvalue weighted by molar-refractivity contribution is 5.74. The molecule has 1 aliphatic carbocycles. The summed E-state index contributed by atoms with van der Waals surface area (Å²) >= 11 is 0. The number of nitrogens with zero attached hydrogens (tertiary/aromatic N) is 2. The van der Waals surface area contributed by atoms with Crippen molar-refractivity contribution in [3.8, 4) is 0 Å². The molecule has 0 bridgehead atoms. The molecule has 1 aliphatic rings. The van der Waals surface area contributed by atoms with E-state index in [0.717, 1.165) is 25.9 Å². The van der Waals surface area contributed by atoms with Crippen molar-refractivity contribution in [2.24, 2.45) is 0 Å². The summed E-state index contributed by atoms with van der Waals surface area (Å²) < 4.78 is 0. The minimum Gasteiger partial charge on any atom is -0.335 e. The van der Waals surface area contributed by atoms with E-state index in [-0.39, 0.29) is 6.03 Å². The van der Waals surface area contributed by atoms with Crippen molar-refractivity contribution in [1.82, 2.24) is 15.1 Å². The molecule has 0 unspecified atom stereocenters. The van der Waals surface area contributed by atoms with Crippen molar-refractivity contribution in [3.63, 3.8) is 0 Å². The Bertz CT molecular complexity index is 200. The van der Waals surface area contributed by atoms with Crippen LogP contribution in [0.15, 0.2) is 0 Å². The van der Waals surface area contributed by atoms with Gasteiger partial charge in [0.25, 0.3) is 0 Å². The molecule has 1 saturated carbocycles. The fourth-order valence-corrected chi connectivity index (χ4v) is 1.81. The summed E-state index contributed by atoms with van der Waals surface area (Å²) in [5, 5.41) is 3.07. The number of carbonyl (C=O) groups is 1. The number of likely N-dealkylation sites (N-methyl/N-ethyl adjacent to an activating group) is 2. The van der Waals surface area contributed by atoms with Crippen molar-refractivity contribution < 1.29 is 4.79 Å². The molecular formula is C11H23N3O. The van der Waals surface area contributed by atoms with Crippen LogP contribution in [-0.2, 0) is 0 Å². The molecule has 0 aromatic heterocycles. The molecular weight excluding hydrogens is 190 g/mol. The molecule has 1 rings (SSSR count). The zero-order valence-electron chi connectivity index (χ0n) is 10.1. The van der Waals surface area contributed by atoms with Gasteiger partial charge in [0.15, 0.2) is 0 Å². The fraction of sp³-hybridized carbons (Fsp3) is 0.909. The zero-order valence-corrected chi connectivity index (χ0v) is 10.1. The van der Waals surface area contributed by atoms with Crippen LogP contribution in [0.4, 0.5) is 4.79 Å². The maximum absolute atomic E-state index is 11.7. The van der Waals surface area contributed by atoms with E-state index in [1.165, 1.54) is 12.8 Å². The second kappa shape index (κ2) is 5.95. The molecule has 0 aromatic rings. The molecule has 0 saturated heterocycles. The molecule has 0 spiro atoms. The number of rotatable bonds is 4. The second-order valence-electron chi connectivity index (χ2n) is 4.66. The molecule has 1 fully saturated rings. The van der Waals surface area contributed by atoms with E-state index in [1.54, 1.807) is 4.90 Å². The lowest BCUT2D eigenvalue weighted by atomic mass is 10.2. The van der Waals surface area contributed by atoms with Crippen LogP contribution in [-0.4, -0.2) is 56.1 Å². The Balaban J connectivity index is 2.20. The summed E-state index contributed by atoms with van der Waals surface area (Å²) in [6.45, 7) is 1.69. The van der Waals surface area contributed by atoms with Crippen molar-refractivity contribution in [2.45, 2.75) is 31.7 Å². The monoisotopic (exact) mass is 213 g/mol. The van der Waals surface area contributed by atoms with Crippen molar-refractivity contribution in [1.29, 1.82) is 0 Å². The highest BCUT2D eigenvalue weighted by Crippen LogP contribution is 2.17. The third kappa shape index (κ3) is 4.51. The molecule has 1 N–H and O–H groups in total. The van der Waals surface area contributed by atoms with Crippen LogP contribution in [0.1, 0.15) is 25.7 Å². The van der Waals surface area contributed by atoms with E-state index in [0.29, 0.717) is 6.04 Å². The van der Waals surface area contributed by atoms with Gasteiger partial charge in [0, 0.05) is 26.2 Å². The van der Waals surface area contributed by atoms with Crippen LogP contribution in [0.3, 0.4) is 0 Å². The first-order chi connectivity index (χ1) is 7.09. The number of hydrogen-bond acceptors (Lipinski definition) is 2. The largest absolute Gasteiger partial charge is 0.335 e. The first-order valence-corrected chi connectivity index (χ1v) is 5.76. The Morgan fingerprint density at radius 2 is 1.80 bits per heavy atom. The maximum Gasteiger partial charge on any atom is 0.317 e. The molecule has 0 radical (unpaired) electrons. The number of nitrogens with one attached hydrogen (secondary N) is 1. The SMILES string of the molecule is CN(C)CCN(C)C(=O)NC1CCCC1. The minimum absolute atomic E-state index is 0.0729. The fourth-order valence-electron chi connectivity index (χ4n) is 1.81. The molecule has 2 amide bonds. The lowest BCUT2D eigenvalue weighted by molar-refractivity contribution is 0.200. The molecule has 88 valence electrons. The first-order valence-electron chi connectivity index (χ1n) is 5.76. The molecule has 4 heteroatoms. The van der Waals surface area contributed by atoms with Crippen molar-refractivity contribution >= 4 is 6.03 Å².